The van der Waals surface area contributed by atoms with Gasteiger partial charge >= 0.3 is 0 Å². The zero-order valence-electron chi connectivity index (χ0n) is 11.6. The second-order valence-electron chi connectivity index (χ2n) is 5.45. The van der Waals surface area contributed by atoms with Gasteiger partial charge in [-0.05, 0) is 32.1 Å². The standard InChI is InChI=1S/C14H19N3O2S/c1-2-10-8-20-14(15-10)16-12(18)11-4-3-7-17(11)13(19)9-5-6-9/h8-9,11H,2-7H2,1H3,(H,15,16,18)/t11-/m1/s1. The molecule has 1 atom stereocenters. The van der Waals surface area contributed by atoms with E-state index in [2.05, 4.69) is 10.3 Å². The Bertz CT molecular complexity index is 524. The average Bonchev–Trinajstić information content (AvgIpc) is 3.01. The molecule has 2 amide bonds. The molecule has 1 N–H and O–H groups in total. The number of aromatic nitrogens is 1. The second-order valence-corrected chi connectivity index (χ2v) is 6.31. The molecule has 3 rings (SSSR count). The molecular formula is C14H19N3O2S. The fraction of sp³-hybridized carbons (Fsp3) is 0.643. The highest BCUT2D eigenvalue weighted by molar-refractivity contribution is 7.13. The van der Waals surface area contributed by atoms with Crippen LogP contribution < -0.4 is 5.32 Å². The summed E-state index contributed by atoms with van der Waals surface area (Å²) in [6.45, 7) is 2.75. The highest BCUT2D eigenvalue weighted by Crippen LogP contribution is 2.34. The molecule has 0 bridgehead atoms. The maximum absolute atomic E-state index is 12.3. The van der Waals surface area contributed by atoms with E-state index in [-0.39, 0.29) is 23.8 Å². The number of anilines is 1. The number of aryl methyl sites for hydroxylation is 1. The van der Waals surface area contributed by atoms with E-state index in [1.165, 1.54) is 11.3 Å². The minimum absolute atomic E-state index is 0.0893. The first-order valence-electron chi connectivity index (χ1n) is 7.24. The first-order valence-corrected chi connectivity index (χ1v) is 8.12. The zero-order chi connectivity index (χ0) is 14.1. The number of rotatable bonds is 4. The van der Waals surface area contributed by atoms with Gasteiger partial charge in [-0.2, -0.15) is 0 Å². The summed E-state index contributed by atoms with van der Waals surface area (Å²) in [6.07, 6.45) is 4.50. The van der Waals surface area contributed by atoms with E-state index in [1.807, 2.05) is 12.3 Å². The van der Waals surface area contributed by atoms with Crippen LogP contribution >= 0.6 is 11.3 Å². The van der Waals surface area contributed by atoms with E-state index < -0.39 is 0 Å². The van der Waals surface area contributed by atoms with Crippen molar-refractivity contribution in [2.24, 2.45) is 5.92 Å². The topological polar surface area (TPSA) is 62.3 Å². The molecule has 1 saturated heterocycles. The third-order valence-electron chi connectivity index (χ3n) is 3.91. The molecule has 0 aromatic carbocycles. The first kappa shape index (κ1) is 13.5. The number of hydrogen-bond acceptors (Lipinski definition) is 4. The van der Waals surface area contributed by atoms with Crippen LogP contribution in [0.3, 0.4) is 0 Å². The van der Waals surface area contributed by atoms with Crippen LogP contribution in [-0.4, -0.2) is 34.3 Å². The van der Waals surface area contributed by atoms with E-state index in [1.54, 1.807) is 4.90 Å². The summed E-state index contributed by atoms with van der Waals surface area (Å²) < 4.78 is 0. The Labute approximate surface area is 122 Å². The van der Waals surface area contributed by atoms with Crippen LogP contribution in [0.1, 0.15) is 38.3 Å². The SMILES string of the molecule is CCc1csc(NC(=O)[C@H]2CCCN2C(=O)C2CC2)n1. The van der Waals surface area contributed by atoms with Crippen molar-refractivity contribution < 1.29 is 9.59 Å². The van der Waals surface area contributed by atoms with Crippen molar-refractivity contribution >= 4 is 28.3 Å². The van der Waals surface area contributed by atoms with Crippen molar-refractivity contribution in [2.75, 3.05) is 11.9 Å². The minimum Gasteiger partial charge on any atom is -0.330 e. The number of amides is 2. The Morgan fingerprint density at radius 1 is 1.45 bits per heavy atom. The fourth-order valence-electron chi connectivity index (χ4n) is 2.58. The molecule has 2 fully saturated rings. The van der Waals surface area contributed by atoms with Crippen LogP contribution in [-0.2, 0) is 16.0 Å². The van der Waals surface area contributed by atoms with Gasteiger partial charge in [0.15, 0.2) is 5.13 Å². The molecule has 6 heteroatoms. The lowest BCUT2D eigenvalue weighted by molar-refractivity contribution is -0.137. The van der Waals surface area contributed by atoms with Crippen LogP contribution in [0.4, 0.5) is 5.13 Å². The van der Waals surface area contributed by atoms with Gasteiger partial charge in [0.25, 0.3) is 0 Å². The van der Waals surface area contributed by atoms with Crippen molar-refractivity contribution in [3.8, 4) is 0 Å². The number of thiazole rings is 1. The van der Waals surface area contributed by atoms with Crippen LogP contribution in [0.2, 0.25) is 0 Å². The van der Waals surface area contributed by atoms with Gasteiger partial charge in [0, 0.05) is 17.8 Å². The molecule has 20 heavy (non-hydrogen) atoms. The quantitative estimate of drug-likeness (QED) is 0.924. The highest BCUT2D eigenvalue weighted by Gasteiger charge is 2.40. The predicted octanol–water partition coefficient (Wildman–Crippen LogP) is 2.04. The number of nitrogens with zero attached hydrogens (tertiary/aromatic N) is 2. The normalized spacial score (nSPS) is 22.1. The largest absolute Gasteiger partial charge is 0.330 e. The third-order valence-corrected chi connectivity index (χ3v) is 4.72. The van der Waals surface area contributed by atoms with E-state index in [4.69, 9.17) is 0 Å². The van der Waals surface area contributed by atoms with E-state index >= 15 is 0 Å². The summed E-state index contributed by atoms with van der Waals surface area (Å²) in [5.74, 6) is 0.250. The number of carbonyl (C=O) groups is 2. The maximum Gasteiger partial charge on any atom is 0.248 e. The Balaban J connectivity index is 1.64. The van der Waals surface area contributed by atoms with Crippen LogP contribution in [0.25, 0.3) is 0 Å². The van der Waals surface area contributed by atoms with Gasteiger partial charge < -0.3 is 10.2 Å². The van der Waals surface area contributed by atoms with Gasteiger partial charge in [-0.25, -0.2) is 4.98 Å². The van der Waals surface area contributed by atoms with E-state index in [0.29, 0.717) is 11.7 Å². The molecule has 1 saturated carbocycles. The van der Waals surface area contributed by atoms with Gasteiger partial charge in [-0.1, -0.05) is 6.92 Å². The van der Waals surface area contributed by atoms with Gasteiger partial charge in [0.2, 0.25) is 11.8 Å². The Hall–Kier alpha value is -1.43. The van der Waals surface area contributed by atoms with Crippen molar-refractivity contribution in [3.05, 3.63) is 11.1 Å². The molecule has 1 aromatic rings. The van der Waals surface area contributed by atoms with Gasteiger partial charge in [0.05, 0.1) is 5.69 Å². The molecular weight excluding hydrogens is 274 g/mol. The van der Waals surface area contributed by atoms with Crippen LogP contribution in [0.5, 0.6) is 0 Å². The molecule has 2 heterocycles. The number of hydrogen-bond donors (Lipinski definition) is 1. The lowest BCUT2D eigenvalue weighted by Crippen LogP contribution is -2.43. The smallest absolute Gasteiger partial charge is 0.248 e. The molecule has 108 valence electrons. The maximum atomic E-state index is 12.3. The summed E-state index contributed by atoms with van der Waals surface area (Å²) >= 11 is 1.44. The van der Waals surface area contributed by atoms with Crippen molar-refractivity contribution in [3.63, 3.8) is 0 Å². The molecule has 0 radical (unpaired) electrons. The van der Waals surface area contributed by atoms with Crippen molar-refractivity contribution in [1.82, 2.24) is 9.88 Å². The summed E-state index contributed by atoms with van der Waals surface area (Å²) in [6, 6.07) is -0.308. The number of carbonyl (C=O) groups excluding carboxylic acids is 2. The molecule has 5 nitrogen and oxygen atoms in total. The molecule has 1 aromatic heterocycles. The second kappa shape index (κ2) is 5.52. The minimum atomic E-state index is -0.308. The van der Waals surface area contributed by atoms with Gasteiger partial charge in [-0.15, -0.1) is 11.3 Å². The third kappa shape index (κ3) is 2.70. The predicted molar refractivity (Wildman–Crippen MR) is 77.6 cm³/mol. The highest BCUT2D eigenvalue weighted by atomic mass is 32.1. The van der Waals surface area contributed by atoms with Crippen LogP contribution in [0, 0.1) is 5.92 Å². The average molecular weight is 293 g/mol. The lowest BCUT2D eigenvalue weighted by Gasteiger charge is -2.23. The zero-order valence-corrected chi connectivity index (χ0v) is 12.4. The molecule has 1 aliphatic carbocycles. The Morgan fingerprint density at radius 3 is 2.90 bits per heavy atom. The summed E-state index contributed by atoms with van der Waals surface area (Å²) in [7, 11) is 0. The first-order chi connectivity index (χ1) is 9.69. The molecule has 0 unspecified atom stereocenters. The lowest BCUT2D eigenvalue weighted by atomic mass is 10.2. The van der Waals surface area contributed by atoms with Crippen molar-refractivity contribution in [2.45, 2.75) is 45.1 Å². The van der Waals surface area contributed by atoms with Crippen LogP contribution in [0.15, 0.2) is 5.38 Å². The summed E-state index contributed by atoms with van der Waals surface area (Å²) in [4.78, 5) is 30.6. The summed E-state index contributed by atoms with van der Waals surface area (Å²) in [5, 5.41) is 5.45. The Morgan fingerprint density at radius 2 is 2.25 bits per heavy atom. The molecule has 0 spiro atoms. The number of likely N-dealkylation sites (tertiary alicyclic amines) is 1. The number of nitrogens with one attached hydrogen (secondary N) is 1. The monoisotopic (exact) mass is 293 g/mol. The Kier molecular flexibility index (Phi) is 3.74. The molecule has 1 aliphatic heterocycles. The molecule has 2 aliphatic rings. The van der Waals surface area contributed by atoms with Gasteiger partial charge in [0.1, 0.15) is 6.04 Å². The van der Waals surface area contributed by atoms with Crippen molar-refractivity contribution in [1.29, 1.82) is 0 Å². The summed E-state index contributed by atoms with van der Waals surface area (Å²) in [5.41, 5.74) is 0.989. The van der Waals surface area contributed by atoms with E-state index in [9.17, 15) is 9.59 Å². The van der Waals surface area contributed by atoms with E-state index in [0.717, 1.165) is 37.8 Å². The van der Waals surface area contributed by atoms with Gasteiger partial charge in [-0.3, -0.25) is 9.59 Å². The fourth-order valence-corrected chi connectivity index (χ4v) is 3.38.